The lowest BCUT2D eigenvalue weighted by atomic mass is 10.3. The van der Waals surface area contributed by atoms with E-state index in [0.29, 0.717) is 35.1 Å². The van der Waals surface area contributed by atoms with Crippen LogP contribution >= 0.6 is 31.9 Å². The summed E-state index contributed by atoms with van der Waals surface area (Å²) in [6.07, 6.45) is 6.53. The summed E-state index contributed by atoms with van der Waals surface area (Å²) in [6, 6.07) is 2.81. The molecule has 186 valence electrons. The van der Waals surface area contributed by atoms with Crippen molar-refractivity contribution >= 4 is 51.9 Å². The molecule has 0 aliphatic heterocycles. The van der Waals surface area contributed by atoms with E-state index in [0.717, 1.165) is 51.4 Å². The lowest BCUT2D eigenvalue weighted by Gasteiger charge is -2.25. The summed E-state index contributed by atoms with van der Waals surface area (Å²) in [5, 5.41) is 0. The zero-order chi connectivity index (χ0) is 24.4. The third-order valence-corrected chi connectivity index (χ3v) is 11.3. The van der Waals surface area contributed by atoms with Gasteiger partial charge in [0.05, 0.1) is 14.3 Å². The van der Waals surface area contributed by atoms with Crippen molar-refractivity contribution in [3.63, 3.8) is 0 Å². The Hall–Kier alpha value is -0.000000000000000194. The van der Waals surface area contributed by atoms with Crippen LogP contribution < -0.4 is 0 Å². The van der Waals surface area contributed by atoms with Gasteiger partial charge in [0.2, 0.25) is 20.0 Å². The van der Waals surface area contributed by atoms with E-state index in [1.807, 2.05) is 27.7 Å². The zero-order valence-electron chi connectivity index (χ0n) is 19.7. The molecule has 0 spiro atoms. The van der Waals surface area contributed by atoms with Gasteiger partial charge in [-0.05, 0) is 69.7 Å². The van der Waals surface area contributed by atoms with Crippen molar-refractivity contribution in [2.24, 2.45) is 0 Å². The molecule has 0 heterocycles. The molecule has 0 saturated carbocycles. The van der Waals surface area contributed by atoms with Crippen LogP contribution in [0.5, 0.6) is 0 Å². The Kier molecular flexibility index (Phi) is 13.5. The third-order valence-electron chi connectivity index (χ3n) is 5.27. The molecule has 1 rings (SSSR count). The normalized spacial score (nSPS) is 12.8. The minimum atomic E-state index is -3.87. The summed E-state index contributed by atoms with van der Waals surface area (Å²) >= 11 is 6.76. The number of sulfonamides is 2. The van der Waals surface area contributed by atoms with E-state index in [4.69, 9.17) is 0 Å². The smallest absolute Gasteiger partial charge is 0.207 e. The highest BCUT2D eigenvalue weighted by molar-refractivity contribution is 9.13. The number of hydrogen-bond acceptors (Lipinski definition) is 4. The van der Waals surface area contributed by atoms with Crippen molar-refractivity contribution in [2.75, 3.05) is 26.2 Å². The molecule has 0 saturated heterocycles. The maximum Gasteiger partial charge on any atom is 0.244 e. The minimum Gasteiger partial charge on any atom is -0.207 e. The molecular formula is C22H38Br2N2O4S2. The van der Waals surface area contributed by atoms with Crippen molar-refractivity contribution in [3.05, 3.63) is 21.1 Å². The quantitative estimate of drug-likeness (QED) is 0.215. The molecule has 0 radical (unpaired) electrons. The first-order valence-corrected chi connectivity index (χ1v) is 16.0. The molecule has 6 nitrogen and oxygen atoms in total. The van der Waals surface area contributed by atoms with Crippen LogP contribution in [0.25, 0.3) is 0 Å². The van der Waals surface area contributed by atoms with Crippen molar-refractivity contribution in [2.45, 2.75) is 88.9 Å². The number of halogens is 2. The highest BCUT2D eigenvalue weighted by Gasteiger charge is 2.31. The first-order chi connectivity index (χ1) is 15.1. The summed E-state index contributed by atoms with van der Waals surface area (Å²) in [7, 11) is -7.70. The second-order valence-electron chi connectivity index (χ2n) is 7.94. The molecule has 0 aliphatic rings. The Morgan fingerprint density at radius 3 is 1.41 bits per heavy atom. The van der Waals surface area contributed by atoms with Gasteiger partial charge < -0.3 is 0 Å². The lowest BCUT2D eigenvalue weighted by Crippen LogP contribution is -2.34. The molecule has 0 unspecified atom stereocenters. The Labute approximate surface area is 212 Å². The molecule has 0 aromatic heterocycles. The van der Waals surface area contributed by atoms with Gasteiger partial charge in [-0.1, -0.05) is 53.4 Å². The third kappa shape index (κ3) is 8.05. The first-order valence-electron chi connectivity index (χ1n) is 11.6. The molecule has 1 aromatic rings. The molecule has 0 fully saturated rings. The molecule has 32 heavy (non-hydrogen) atoms. The SMILES string of the molecule is CCCCN(CCCC)S(=O)(=O)c1cc(Br)c(Br)c(S(=O)(=O)N(CCCC)CCCC)c1. The van der Waals surface area contributed by atoms with Gasteiger partial charge in [0.1, 0.15) is 0 Å². The van der Waals surface area contributed by atoms with Gasteiger partial charge in [0.25, 0.3) is 0 Å². The molecule has 0 N–H and O–H groups in total. The van der Waals surface area contributed by atoms with Crippen LogP contribution in [0.15, 0.2) is 30.9 Å². The van der Waals surface area contributed by atoms with Gasteiger partial charge in [-0.25, -0.2) is 16.8 Å². The summed E-state index contributed by atoms with van der Waals surface area (Å²) < 4.78 is 57.8. The van der Waals surface area contributed by atoms with Gasteiger partial charge in [-0.15, -0.1) is 0 Å². The fraction of sp³-hybridized carbons (Fsp3) is 0.727. The maximum atomic E-state index is 13.6. The van der Waals surface area contributed by atoms with E-state index in [1.54, 1.807) is 0 Å². The van der Waals surface area contributed by atoms with E-state index in [1.165, 1.54) is 20.7 Å². The summed E-state index contributed by atoms with van der Waals surface area (Å²) in [4.78, 5) is -0.00659. The second kappa shape index (κ2) is 14.4. The molecule has 0 amide bonds. The Bertz CT molecular complexity index is 906. The molecular weight excluding hydrogens is 580 g/mol. The minimum absolute atomic E-state index is 0.00397. The van der Waals surface area contributed by atoms with E-state index < -0.39 is 20.0 Å². The number of hydrogen-bond donors (Lipinski definition) is 0. The number of nitrogens with zero attached hydrogens (tertiary/aromatic N) is 2. The standard InChI is InChI=1S/C22H38Br2N2O4S2/c1-5-9-13-25(14-10-6-2)31(27,28)19-17-20(23)22(24)21(18-19)32(29,30)26(15-11-7-3)16-12-8-4/h17-18H,5-16H2,1-4H3. The van der Waals surface area contributed by atoms with Gasteiger partial charge >= 0.3 is 0 Å². The maximum absolute atomic E-state index is 13.6. The van der Waals surface area contributed by atoms with Crippen LogP contribution in [0.3, 0.4) is 0 Å². The molecule has 10 heteroatoms. The summed E-state index contributed by atoms with van der Waals surface area (Å²) in [5.41, 5.74) is 0. The van der Waals surface area contributed by atoms with Gasteiger partial charge in [0, 0.05) is 30.7 Å². The summed E-state index contributed by atoms with van der Waals surface area (Å²) in [5.74, 6) is 0. The second-order valence-corrected chi connectivity index (χ2v) is 13.4. The van der Waals surface area contributed by atoms with Crippen molar-refractivity contribution in [1.82, 2.24) is 8.61 Å². The summed E-state index contributed by atoms with van der Waals surface area (Å²) in [6.45, 7) is 9.76. The van der Waals surface area contributed by atoms with Crippen LogP contribution in [-0.2, 0) is 20.0 Å². The van der Waals surface area contributed by atoms with Gasteiger partial charge in [0.15, 0.2) is 0 Å². The van der Waals surface area contributed by atoms with E-state index in [-0.39, 0.29) is 9.79 Å². The number of rotatable bonds is 16. The number of benzene rings is 1. The molecule has 0 atom stereocenters. The molecule has 0 bridgehead atoms. The highest BCUT2D eigenvalue weighted by atomic mass is 79.9. The average molecular weight is 618 g/mol. The molecule has 1 aromatic carbocycles. The topological polar surface area (TPSA) is 74.8 Å². The largest absolute Gasteiger partial charge is 0.244 e. The van der Waals surface area contributed by atoms with Crippen molar-refractivity contribution < 1.29 is 16.8 Å². The van der Waals surface area contributed by atoms with Crippen LogP contribution in [0.2, 0.25) is 0 Å². The van der Waals surface area contributed by atoms with Crippen molar-refractivity contribution in [3.8, 4) is 0 Å². The Morgan fingerprint density at radius 1 is 0.656 bits per heavy atom. The van der Waals surface area contributed by atoms with E-state index >= 15 is 0 Å². The fourth-order valence-electron chi connectivity index (χ4n) is 3.21. The predicted octanol–water partition coefficient (Wildman–Crippen LogP) is 6.39. The zero-order valence-corrected chi connectivity index (χ0v) is 24.5. The number of unbranched alkanes of at least 4 members (excludes halogenated alkanes) is 4. The Balaban J connectivity index is 3.52. The van der Waals surface area contributed by atoms with Crippen LogP contribution in [0, 0.1) is 0 Å². The Morgan fingerprint density at radius 2 is 1.03 bits per heavy atom. The van der Waals surface area contributed by atoms with Crippen LogP contribution in [0.1, 0.15) is 79.1 Å². The average Bonchev–Trinajstić information content (AvgIpc) is 2.75. The van der Waals surface area contributed by atoms with E-state index in [2.05, 4.69) is 31.9 Å². The van der Waals surface area contributed by atoms with Crippen LogP contribution in [0.4, 0.5) is 0 Å². The predicted molar refractivity (Wildman–Crippen MR) is 139 cm³/mol. The van der Waals surface area contributed by atoms with Gasteiger partial charge in [-0.3, -0.25) is 0 Å². The van der Waals surface area contributed by atoms with E-state index in [9.17, 15) is 16.8 Å². The first kappa shape index (κ1) is 30.0. The monoisotopic (exact) mass is 616 g/mol. The van der Waals surface area contributed by atoms with Crippen molar-refractivity contribution in [1.29, 1.82) is 0 Å². The van der Waals surface area contributed by atoms with Crippen LogP contribution in [-0.4, -0.2) is 51.6 Å². The lowest BCUT2D eigenvalue weighted by molar-refractivity contribution is 0.393. The highest BCUT2D eigenvalue weighted by Crippen LogP contribution is 2.36. The molecule has 0 aliphatic carbocycles. The van der Waals surface area contributed by atoms with Gasteiger partial charge in [-0.2, -0.15) is 8.61 Å². The fourth-order valence-corrected chi connectivity index (χ4v) is 8.07.